The van der Waals surface area contributed by atoms with Crippen molar-refractivity contribution in [2.45, 2.75) is 39.3 Å². The lowest BCUT2D eigenvalue weighted by Gasteiger charge is -2.25. The molecule has 1 aliphatic heterocycles. The Morgan fingerprint density at radius 1 is 1.30 bits per heavy atom. The molecule has 2 rings (SSSR count). The monoisotopic (exact) mass is 274 g/mol. The third-order valence-corrected chi connectivity index (χ3v) is 3.77. The molecule has 108 valence electrons. The fourth-order valence-corrected chi connectivity index (χ4v) is 2.72. The molecule has 1 aromatic rings. The number of carbonyl (C=O) groups is 2. The molecule has 1 N–H and O–H groups in total. The highest BCUT2D eigenvalue weighted by Gasteiger charge is 2.42. The zero-order chi connectivity index (χ0) is 14.9. The van der Waals surface area contributed by atoms with Crippen molar-refractivity contribution in [1.29, 1.82) is 0 Å². The smallest absolute Gasteiger partial charge is 0.226 e. The van der Waals surface area contributed by atoms with Crippen LogP contribution in [0.5, 0.6) is 0 Å². The van der Waals surface area contributed by atoms with Gasteiger partial charge in [-0.2, -0.15) is 0 Å². The van der Waals surface area contributed by atoms with Crippen molar-refractivity contribution in [3.8, 4) is 0 Å². The fraction of sp³-hybridized carbons (Fsp3) is 0.500. The normalized spacial score (nSPS) is 22.4. The summed E-state index contributed by atoms with van der Waals surface area (Å²) in [7, 11) is 1.77. The number of benzene rings is 1. The molecular formula is C16H22N2O2. The molecule has 0 saturated carbocycles. The van der Waals surface area contributed by atoms with E-state index in [1.54, 1.807) is 11.9 Å². The predicted octanol–water partition coefficient (Wildman–Crippen LogP) is 2.04. The Labute approximate surface area is 120 Å². The average Bonchev–Trinajstić information content (AvgIpc) is 2.67. The SMILES string of the molecule is Cc1ccc([C@@H]2[C@H](C(=O)NC(C)C)CC(=O)N2C)cc1. The zero-order valence-electron chi connectivity index (χ0n) is 12.5. The maximum Gasteiger partial charge on any atom is 0.226 e. The third kappa shape index (κ3) is 2.84. The maximum absolute atomic E-state index is 12.3. The molecule has 1 fully saturated rings. The van der Waals surface area contributed by atoms with Crippen LogP contribution in [-0.4, -0.2) is 29.8 Å². The molecule has 1 aromatic carbocycles. The van der Waals surface area contributed by atoms with Gasteiger partial charge in [0.1, 0.15) is 0 Å². The van der Waals surface area contributed by atoms with Crippen LogP contribution in [0.1, 0.15) is 37.4 Å². The number of nitrogens with zero attached hydrogens (tertiary/aromatic N) is 1. The summed E-state index contributed by atoms with van der Waals surface area (Å²) in [5.74, 6) is -0.319. The number of carbonyl (C=O) groups excluding carboxylic acids is 2. The Balaban J connectivity index is 2.28. The van der Waals surface area contributed by atoms with Gasteiger partial charge in [0.15, 0.2) is 0 Å². The summed E-state index contributed by atoms with van der Waals surface area (Å²) < 4.78 is 0. The van der Waals surface area contributed by atoms with Crippen molar-refractivity contribution in [3.63, 3.8) is 0 Å². The van der Waals surface area contributed by atoms with Crippen LogP contribution in [0.3, 0.4) is 0 Å². The molecule has 0 radical (unpaired) electrons. The van der Waals surface area contributed by atoms with Crippen LogP contribution in [0.15, 0.2) is 24.3 Å². The standard InChI is InChI=1S/C16H22N2O2/c1-10(2)17-16(20)13-9-14(19)18(4)15(13)12-7-5-11(3)6-8-12/h5-8,10,13,15H,9H2,1-4H3,(H,17,20)/t13-,15-/m1/s1. The second-order valence-electron chi connectivity index (χ2n) is 5.83. The predicted molar refractivity (Wildman–Crippen MR) is 78.1 cm³/mol. The highest BCUT2D eigenvalue weighted by molar-refractivity contribution is 5.90. The van der Waals surface area contributed by atoms with E-state index in [0.29, 0.717) is 0 Å². The van der Waals surface area contributed by atoms with E-state index in [2.05, 4.69) is 5.32 Å². The van der Waals surface area contributed by atoms with Crippen molar-refractivity contribution < 1.29 is 9.59 Å². The van der Waals surface area contributed by atoms with Gasteiger partial charge < -0.3 is 10.2 Å². The Morgan fingerprint density at radius 2 is 1.90 bits per heavy atom. The molecule has 4 nitrogen and oxygen atoms in total. The highest BCUT2D eigenvalue weighted by Crippen LogP contribution is 2.37. The van der Waals surface area contributed by atoms with E-state index in [-0.39, 0.29) is 36.2 Å². The minimum atomic E-state index is -0.308. The van der Waals surface area contributed by atoms with Crippen molar-refractivity contribution >= 4 is 11.8 Å². The number of nitrogens with one attached hydrogen (secondary N) is 1. The first-order chi connectivity index (χ1) is 9.40. The maximum atomic E-state index is 12.3. The van der Waals surface area contributed by atoms with Crippen LogP contribution in [0.25, 0.3) is 0 Å². The van der Waals surface area contributed by atoms with Crippen LogP contribution < -0.4 is 5.32 Å². The summed E-state index contributed by atoms with van der Waals surface area (Å²) >= 11 is 0. The summed E-state index contributed by atoms with van der Waals surface area (Å²) in [4.78, 5) is 26.0. The lowest BCUT2D eigenvalue weighted by Crippen LogP contribution is -2.38. The summed E-state index contributed by atoms with van der Waals surface area (Å²) in [5.41, 5.74) is 2.19. The minimum Gasteiger partial charge on any atom is -0.354 e. The van der Waals surface area contributed by atoms with E-state index in [0.717, 1.165) is 5.56 Å². The molecule has 1 aliphatic rings. The first-order valence-electron chi connectivity index (χ1n) is 7.02. The number of likely N-dealkylation sites (tertiary alicyclic amines) is 1. The van der Waals surface area contributed by atoms with Gasteiger partial charge in [-0.15, -0.1) is 0 Å². The van der Waals surface area contributed by atoms with E-state index in [1.165, 1.54) is 5.56 Å². The topological polar surface area (TPSA) is 49.4 Å². The molecule has 1 heterocycles. The van der Waals surface area contributed by atoms with E-state index in [9.17, 15) is 9.59 Å². The lowest BCUT2D eigenvalue weighted by molar-refractivity contribution is -0.128. The molecule has 0 spiro atoms. The zero-order valence-corrected chi connectivity index (χ0v) is 12.5. The Kier molecular flexibility index (Phi) is 4.12. The first kappa shape index (κ1) is 14.6. The quantitative estimate of drug-likeness (QED) is 0.917. The Bertz CT molecular complexity index is 508. The molecule has 2 atom stereocenters. The molecule has 0 aliphatic carbocycles. The van der Waals surface area contributed by atoms with Gasteiger partial charge in [0.05, 0.1) is 12.0 Å². The van der Waals surface area contributed by atoms with Crippen molar-refractivity contribution in [2.75, 3.05) is 7.05 Å². The molecule has 20 heavy (non-hydrogen) atoms. The van der Waals surface area contributed by atoms with Crippen LogP contribution in [-0.2, 0) is 9.59 Å². The van der Waals surface area contributed by atoms with Gasteiger partial charge in [0.25, 0.3) is 0 Å². The van der Waals surface area contributed by atoms with Crippen molar-refractivity contribution in [3.05, 3.63) is 35.4 Å². The first-order valence-corrected chi connectivity index (χ1v) is 7.02. The number of aryl methyl sites for hydroxylation is 1. The lowest BCUT2D eigenvalue weighted by atomic mass is 9.92. The number of rotatable bonds is 3. The molecule has 4 heteroatoms. The Morgan fingerprint density at radius 3 is 2.45 bits per heavy atom. The van der Waals surface area contributed by atoms with E-state index >= 15 is 0 Å². The van der Waals surface area contributed by atoms with Gasteiger partial charge in [0.2, 0.25) is 11.8 Å². The van der Waals surface area contributed by atoms with Gasteiger partial charge >= 0.3 is 0 Å². The van der Waals surface area contributed by atoms with E-state index in [1.807, 2.05) is 45.0 Å². The molecule has 2 amide bonds. The average molecular weight is 274 g/mol. The molecule has 1 saturated heterocycles. The van der Waals surface area contributed by atoms with Crippen LogP contribution in [0.4, 0.5) is 0 Å². The number of hydrogen-bond acceptors (Lipinski definition) is 2. The largest absolute Gasteiger partial charge is 0.354 e. The third-order valence-electron chi connectivity index (χ3n) is 3.77. The summed E-state index contributed by atoms with van der Waals surface area (Å²) in [6.07, 6.45) is 0.285. The minimum absolute atomic E-state index is 0.0273. The number of hydrogen-bond donors (Lipinski definition) is 1. The van der Waals surface area contributed by atoms with Gasteiger partial charge in [-0.3, -0.25) is 9.59 Å². The van der Waals surface area contributed by atoms with Crippen LogP contribution in [0, 0.1) is 12.8 Å². The van der Waals surface area contributed by atoms with Crippen LogP contribution >= 0.6 is 0 Å². The fourth-order valence-electron chi connectivity index (χ4n) is 2.72. The molecule has 0 bridgehead atoms. The summed E-state index contributed by atoms with van der Waals surface area (Å²) in [6, 6.07) is 7.96. The van der Waals surface area contributed by atoms with Crippen LogP contribution in [0.2, 0.25) is 0 Å². The molecule has 0 unspecified atom stereocenters. The van der Waals surface area contributed by atoms with Gasteiger partial charge in [-0.05, 0) is 26.3 Å². The second-order valence-corrected chi connectivity index (χ2v) is 5.83. The van der Waals surface area contributed by atoms with Crippen molar-refractivity contribution in [2.24, 2.45) is 5.92 Å². The van der Waals surface area contributed by atoms with Crippen molar-refractivity contribution in [1.82, 2.24) is 10.2 Å². The highest BCUT2D eigenvalue weighted by atomic mass is 16.2. The van der Waals surface area contributed by atoms with Gasteiger partial charge in [-0.25, -0.2) is 0 Å². The molecule has 0 aromatic heterocycles. The van der Waals surface area contributed by atoms with E-state index < -0.39 is 0 Å². The molecular weight excluding hydrogens is 252 g/mol. The second kappa shape index (κ2) is 5.65. The Hall–Kier alpha value is -1.84. The number of amides is 2. The van der Waals surface area contributed by atoms with Gasteiger partial charge in [0, 0.05) is 19.5 Å². The van der Waals surface area contributed by atoms with Gasteiger partial charge in [-0.1, -0.05) is 29.8 Å². The summed E-state index contributed by atoms with van der Waals surface area (Å²) in [6.45, 7) is 5.88. The summed E-state index contributed by atoms with van der Waals surface area (Å²) in [5, 5.41) is 2.92. The van der Waals surface area contributed by atoms with E-state index in [4.69, 9.17) is 0 Å².